The van der Waals surface area contributed by atoms with Crippen LogP contribution in [-0.4, -0.2) is 23.1 Å². The highest BCUT2D eigenvalue weighted by Crippen LogP contribution is 2.31. The highest BCUT2D eigenvalue weighted by atomic mass is 15.1. The zero-order chi connectivity index (χ0) is 13.1. The molecular formula is C13H23N5. The van der Waals surface area contributed by atoms with Crippen LogP contribution in [0.15, 0.2) is 6.07 Å². The molecule has 18 heavy (non-hydrogen) atoms. The minimum Gasteiger partial charge on any atom is -0.373 e. The SMILES string of the molecule is CNc1cc(NC2CCC(C)C(C)C2)nc(N)n1. The molecular weight excluding hydrogens is 226 g/mol. The third-order valence-electron chi connectivity index (χ3n) is 3.95. The largest absolute Gasteiger partial charge is 0.373 e. The van der Waals surface area contributed by atoms with Crippen molar-refractivity contribution < 1.29 is 0 Å². The van der Waals surface area contributed by atoms with Gasteiger partial charge >= 0.3 is 0 Å². The van der Waals surface area contributed by atoms with Crippen molar-refractivity contribution in [3.63, 3.8) is 0 Å². The predicted octanol–water partition coefficient (Wildman–Crippen LogP) is 2.34. The van der Waals surface area contributed by atoms with Crippen molar-refractivity contribution in [1.29, 1.82) is 0 Å². The Morgan fingerprint density at radius 1 is 1.17 bits per heavy atom. The Hall–Kier alpha value is -1.52. The second-order valence-electron chi connectivity index (χ2n) is 5.36. The normalized spacial score (nSPS) is 27.8. The molecule has 0 saturated heterocycles. The average Bonchev–Trinajstić information content (AvgIpc) is 2.33. The molecule has 1 heterocycles. The third-order valence-corrected chi connectivity index (χ3v) is 3.95. The fraction of sp³-hybridized carbons (Fsp3) is 0.692. The van der Waals surface area contributed by atoms with E-state index < -0.39 is 0 Å². The molecule has 1 aliphatic rings. The molecule has 5 nitrogen and oxygen atoms in total. The lowest BCUT2D eigenvalue weighted by atomic mass is 9.79. The van der Waals surface area contributed by atoms with Gasteiger partial charge in [0, 0.05) is 19.2 Å². The Kier molecular flexibility index (Phi) is 3.89. The molecule has 1 aromatic rings. The number of hydrogen-bond acceptors (Lipinski definition) is 5. The fourth-order valence-electron chi connectivity index (χ4n) is 2.56. The van der Waals surface area contributed by atoms with Crippen molar-refractivity contribution in [3.05, 3.63) is 6.07 Å². The van der Waals surface area contributed by atoms with E-state index in [1.54, 1.807) is 0 Å². The molecule has 3 unspecified atom stereocenters. The van der Waals surface area contributed by atoms with Crippen LogP contribution in [0, 0.1) is 11.8 Å². The highest BCUT2D eigenvalue weighted by molar-refractivity contribution is 5.51. The number of nitrogens with two attached hydrogens (primary N) is 1. The van der Waals surface area contributed by atoms with Crippen molar-refractivity contribution in [2.45, 2.75) is 39.2 Å². The smallest absolute Gasteiger partial charge is 0.223 e. The molecule has 1 aromatic heterocycles. The summed E-state index contributed by atoms with van der Waals surface area (Å²) < 4.78 is 0. The van der Waals surface area contributed by atoms with Gasteiger partial charge in [-0.15, -0.1) is 0 Å². The first kappa shape index (κ1) is 12.9. The van der Waals surface area contributed by atoms with Gasteiger partial charge in [-0.1, -0.05) is 13.8 Å². The number of hydrogen-bond donors (Lipinski definition) is 3. The summed E-state index contributed by atoms with van der Waals surface area (Å²) in [6.45, 7) is 4.66. The lowest BCUT2D eigenvalue weighted by Crippen LogP contribution is -2.30. The summed E-state index contributed by atoms with van der Waals surface area (Å²) in [6.07, 6.45) is 3.67. The van der Waals surface area contributed by atoms with Crippen molar-refractivity contribution in [3.8, 4) is 0 Å². The molecule has 0 amide bonds. The minimum absolute atomic E-state index is 0.307. The van der Waals surface area contributed by atoms with Crippen LogP contribution in [-0.2, 0) is 0 Å². The van der Waals surface area contributed by atoms with E-state index in [0.29, 0.717) is 12.0 Å². The summed E-state index contributed by atoms with van der Waals surface area (Å²) in [6, 6.07) is 2.40. The zero-order valence-electron chi connectivity index (χ0n) is 11.4. The van der Waals surface area contributed by atoms with Crippen LogP contribution in [0.3, 0.4) is 0 Å². The van der Waals surface area contributed by atoms with Crippen LogP contribution in [0.4, 0.5) is 17.6 Å². The second kappa shape index (κ2) is 5.42. The summed E-state index contributed by atoms with van der Waals surface area (Å²) in [5.74, 6) is 3.47. The van der Waals surface area contributed by atoms with Crippen molar-refractivity contribution in [1.82, 2.24) is 9.97 Å². The van der Waals surface area contributed by atoms with E-state index in [-0.39, 0.29) is 0 Å². The van der Waals surface area contributed by atoms with Gasteiger partial charge in [-0.25, -0.2) is 0 Å². The van der Waals surface area contributed by atoms with E-state index in [1.807, 2.05) is 13.1 Å². The molecule has 0 spiro atoms. The monoisotopic (exact) mass is 249 g/mol. The van der Waals surface area contributed by atoms with E-state index in [4.69, 9.17) is 5.73 Å². The highest BCUT2D eigenvalue weighted by Gasteiger charge is 2.24. The van der Waals surface area contributed by atoms with Gasteiger partial charge in [-0.2, -0.15) is 9.97 Å². The van der Waals surface area contributed by atoms with Gasteiger partial charge in [0.25, 0.3) is 0 Å². The number of nitrogens with one attached hydrogen (secondary N) is 2. The molecule has 1 fully saturated rings. The van der Waals surface area contributed by atoms with Crippen molar-refractivity contribution >= 4 is 17.6 Å². The Balaban J connectivity index is 2.03. The fourth-order valence-corrected chi connectivity index (χ4v) is 2.56. The first-order chi connectivity index (χ1) is 8.58. The molecule has 1 aliphatic carbocycles. The third kappa shape index (κ3) is 3.03. The molecule has 0 aliphatic heterocycles. The van der Waals surface area contributed by atoms with Gasteiger partial charge in [0.1, 0.15) is 11.6 Å². The maximum atomic E-state index is 5.69. The molecule has 0 aromatic carbocycles. The van der Waals surface area contributed by atoms with Crippen LogP contribution in [0.1, 0.15) is 33.1 Å². The summed E-state index contributed by atoms with van der Waals surface area (Å²) in [5.41, 5.74) is 5.69. The molecule has 100 valence electrons. The molecule has 2 rings (SSSR count). The minimum atomic E-state index is 0.307. The van der Waals surface area contributed by atoms with Crippen LogP contribution in [0.25, 0.3) is 0 Å². The maximum Gasteiger partial charge on any atom is 0.223 e. The number of rotatable bonds is 3. The summed E-state index contributed by atoms with van der Waals surface area (Å²) in [7, 11) is 1.83. The molecule has 4 N–H and O–H groups in total. The van der Waals surface area contributed by atoms with Crippen LogP contribution in [0.2, 0.25) is 0 Å². The Morgan fingerprint density at radius 3 is 2.56 bits per heavy atom. The van der Waals surface area contributed by atoms with Gasteiger partial charge in [0.2, 0.25) is 5.95 Å². The quantitative estimate of drug-likeness (QED) is 0.766. The van der Waals surface area contributed by atoms with E-state index >= 15 is 0 Å². The number of nitrogen functional groups attached to an aromatic ring is 1. The van der Waals surface area contributed by atoms with E-state index in [1.165, 1.54) is 19.3 Å². The lowest BCUT2D eigenvalue weighted by molar-refractivity contribution is 0.260. The van der Waals surface area contributed by atoms with Gasteiger partial charge in [-0.05, 0) is 31.1 Å². The van der Waals surface area contributed by atoms with Crippen molar-refractivity contribution in [2.24, 2.45) is 11.8 Å². The Morgan fingerprint density at radius 2 is 1.89 bits per heavy atom. The summed E-state index contributed by atoms with van der Waals surface area (Å²) in [4.78, 5) is 8.32. The van der Waals surface area contributed by atoms with E-state index in [0.717, 1.165) is 23.5 Å². The van der Waals surface area contributed by atoms with Gasteiger partial charge in [-0.3, -0.25) is 0 Å². The summed E-state index contributed by atoms with van der Waals surface area (Å²) in [5, 5.41) is 6.47. The zero-order valence-corrected chi connectivity index (χ0v) is 11.4. The molecule has 0 bridgehead atoms. The molecule has 3 atom stereocenters. The van der Waals surface area contributed by atoms with Crippen LogP contribution >= 0.6 is 0 Å². The maximum absolute atomic E-state index is 5.69. The van der Waals surface area contributed by atoms with E-state index in [9.17, 15) is 0 Å². The Labute approximate surface area is 109 Å². The van der Waals surface area contributed by atoms with Gasteiger partial charge in [0.15, 0.2) is 0 Å². The second-order valence-corrected chi connectivity index (χ2v) is 5.36. The Bertz CT molecular complexity index is 406. The first-order valence-corrected chi connectivity index (χ1v) is 6.67. The first-order valence-electron chi connectivity index (χ1n) is 6.67. The number of aromatic nitrogens is 2. The van der Waals surface area contributed by atoms with E-state index in [2.05, 4.69) is 34.4 Å². The summed E-state index contributed by atoms with van der Waals surface area (Å²) >= 11 is 0. The average molecular weight is 249 g/mol. The van der Waals surface area contributed by atoms with Crippen LogP contribution < -0.4 is 16.4 Å². The molecule has 5 heteroatoms. The topological polar surface area (TPSA) is 75.9 Å². The number of nitrogens with zero attached hydrogens (tertiary/aromatic N) is 2. The van der Waals surface area contributed by atoms with Crippen LogP contribution in [0.5, 0.6) is 0 Å². The van der Waals surface area contributed by atoms with Gasteiger partial charge in [0.05, 0.1) is 0 Å². The number of anilines is 3. The lowest BCUT2D eigenvalue weighted by Gasteiger charge is -2.32. The predicted molar refractivity (Wildman–Crippen MR) is 75.6 cm³/mol. The standard InChI is InChI=1S/C13H23N5/c1-8-4-5-10(6-9(8)2)16-12-7-11(15-3)17-13(14)18-12/h7-10H,4-6H2,1-3H3,(H4,14,15,16,17,18). The van der Waals surface area contributed by atoms with Gasteiger partial charge < -0.3 is 16.4 Å². The molecule has 1 saturated carbocycles. The molecule has 0 radical (unpaired) electrons. The van der Waals surface area contributed by atoms with Crippen molar-refractivity contribution in [2.75, 3.05) is 23.4 Å².